The van der Waals surface area contributed by atoms with Gasteiger partial charge < -0.3 is 14.6 Å². The molecule has 0 aliphatic rings. The van der Waals surface area contributed by atoms with Crippen molar-refractivity contribution in [3.63, 3.8) is 0 Å². The Morgan fingerprint density at radius 1 is 1.30 bits per heavy atom. The van der Waals surface area contributed by atoms with Gasteiger partial charge in [-0.3, -0.25) is 9.69 Å². The molecule has 0 heterocycles. The molecule has 0 fully saturated rings. The van der Waals surface area contributed by atoms with Crippen LogP contribution in [0.2, 0.25) is 0 Å². The van der Waals surface area contributed by atoms with Gasteiger partial charge in [-0.15, -0.1) is 0 Å². The van der Waals surface area contributed by atoms with Crippen LogP contribution in [0, 0.1) is 5.92 Å². The van der Waals surface area contributed by atoms with E-state index in [0.29, 0.717) is 19.7 Å². The highest BCUT2D eigenvalue weighted by atomic mass is 16.5. The standard InChI is InChI=1S/C15H23NO4/c1-4-16(11-12(2)15(17)18)9-10-20-14-7-5-13(19-3)6-8-14/h5-8,12H,4,9-11H2,1-3H3,(H,17,18). The van der Waals surface area contributed by atoms with Crippen molar-refractivity contribution in [1.82, 2.24) is 4.90 Å². The van der Waals surface area contributed by atoms with Gasteiger partial charge in [0.25, 0.3) is 0 Å². The zero-order chi connectivity index (χ0) is 15.0. The van der Waals surface area contributed by atoms with E-state index in [1.807, 2.05) is 31.2 Å². The maximum Gasteiger partial charge on any atom is 0.307 e. The van der Waals surface area contributed by atoms with Gasteiger partial charge in [-0.2, -0.15) is 0 Å². The van der Waals surface area contributed by atoms with E-state index in [1.165, 1.54) is 0 Å². The molecule has 0 radical (unpaired) electrons. The second kappa shape index (κ2) is 8.43. The number of carboxylic acid groups (broad SMARTS) is 1. The highest BCUT2D eigenvalue weighted by Crippen LogP contribution is 2.16. The average molecular weight is 281 g/mol. The van der Waals surface area contributed by atoms with Crippen molar-refractivity contribution >= 4 is 5.97 Å². The summed E-state index contributed by atoms with van der Waals surface area (Å²) in [7, 11) is 1.62. The van der Waals surface area contributed by atoms with Crippen LogP contribution in [0.4, 0.5) is 0 Å². The normalized spacial score (nSPS) is 12.2. The van der Waals surface area contributed by atoms with Crippen molar-refractivity contribution < 1.29 is 19.4 Å². The summed E-state index contributed by atoms with van der Waals surface area (Å²) in [6, 6.07) is 7.41. The Morgan fingerprint density at radius 3 is 2.40 bits per heavy atom. The number of carboxylic acids is 1. The molecule has 0 spiro atoms. The first kappa shape index (κ1) is 16.3. The van der Waals surface area contributed by atoms with E-state index in [2.05, 4.69) is 4.90 Å². The fraction of sp³-hybridized carbons (Fsp3) is 0.533. The minimum absolute atomic E-state index is 0.365. The lowest BCUT2D eigenvalue weighted by atomic mass is 10.2. The fourth-order valence-corrected chi connectivity index (χ4v) is 1.81. The lowest BCUT2D eigenvalue weighted by molar-refractivity contribution is -0.141. The average Bonchev–Trinajstić information content (AvgIpc) is 2.46. The van der Waals surface area contributed by atoms with E-state index in [-0.39, 0.29) is 5.92 Å². The molecule has 0 saturated heterocycles. The van der Waals surface area contributed by atoms with E-state index in [0.717, 1.165) is 18.0 Å². The number of methoxy groups -OCH3 is 1. The van der Waals surface area contributed by atoms with Crippen LogP contribution in [-0.4, -0.2) is 49.3 Å². The number of benzene rings is 1. The lowest BCUT2D eigenvalue weighted by Crippen LogP contribution is -2.34. The Hall–Kier alpha value is -1.75. The molecule has 0 aromatic heterocycles. The third-order valence-corrected chi connectivity index (χ3v) is 3.14. The molecule has 0 amide bonds. The van der Waals surface area contributed by atoms with E-state index in [1.54, 1.807) is 14.0 Å². The van der Waals surface area contributed by atoms with Gasteiger partial charge in [0.15, 0.2) is 0 Å². The SMILES string of the molecule is CCN(CCOc1ccc(OC)cc1)CC(C)C(=O)O. The number of hydrogen-bond donors (Lipinski definition) is 1. The summed E-state index contributed by atoms with van der Waals surface area (Å²) in [5.74, 6) is 0.450. The molecule has 0 aliphatic carbocycles. The van der Waals surface area contributed by atoms with Crippen LogP contribution in [0.3, 0.4) is 0 Å². The summed E-state index contributed by atoms with van der Waals surface area (Å²) in [6.07, 6.45) is 0. The topological polar surface area (TPSA) is 59.0 Å². The molecule has 5 nitrogen and oxygen atoms in total. The van der Waals surface area contributed by atoms with Crippen LogP contribution in [0.25, 0.3) is 0 Å². The van der Waals surface area contributed by atoms with Gasteiger partial charge in [0.05, 0.1) is 13.0 Å². The summed E-state index contributed by atoms with van der Waals surface area (Å²) in [4.78, 5) is 12.9. The largest absolute Gasteiger partial charge is 0.497 e. The molecule has 5 heteroatoms. The molecule has 1 atom stereocenters. The number of carbonyl (C=O) groups is 1. The van der Waals surface area contributed by atoms with Gasteiger partial charge in [-0.05, 0) is 30.8 Å². The molecular formula is C15H23NO4. The minimum Gasteiger partial charge on any atom is -0.497 e. The first-order valence-corrected chi connectivity index (χ1v) is 6.78. The predicted octanol–water partition coefficient (Wildman–Crippen LogP) is 2.12. The van der Waals surface area contributed by atoms with Crippen molar-refractivity contribution in [2.45, 2.75) is 13.8 Å². The van der Waals surface area contributed by atoms with Gasteiger partial charge in [-0.1, -0.05) is 13.8 Å². The van der Waals surface area contributed by atoms with Crippen LogP contribution < -0.4 is 9.47 Å². The second-order valence-corrected chi connectivity index (χ2v) is 4.66. The molecule has 0 bridgehead atoms. The number of ether oxygens (including phenoxy) is 2. The van der Waals surface area contributed by atoms with Crippen molar-refractivity contribution in [2.24, 2.45) is 5.92 Å². The first-order valence-electron chi connectivity index (χ1n) is 6.78. The second-order valence-electron chi connectivity index (χ2n) is 4.66. The molecule has 1 aromatic carbocycles. The number of nitrogens with zero attached hydrogens (tertiary/aromatic N) is 1. The molecule has 20 heavy (non-hydrogen) atoms. The third-order valence-electron chi connectivity index (χ3n) is 3.14. The Kier molecular flexibility index (Phi) is 6.87. The smallest absolute Gasteiger partial charge is 0.307 e. The van der Waals surface area contributed by atoms with Crippen molar-refractivity contribution in [2.75, 3.05) is 33.4 Å². The van der Waals surface area contributed by atoms with Crippen molar-refractivity contribution in [3.8, 4) is 11.5 Å². The van der Waals surface area contributed by atoms with Crippen LogP contribution in [0.15, 0.2) is 24.3 Å². The quantitative estimate of drug-likeness (QED) is 0.751. The van der Waals surface area contributed by atoms with Gasteiger partial charge in [0.1, 0.15) is 18.1 Å². The zero-order valence-electron chi connectivity index (χ0n) is 12.3. The van der Waals surface area contributed by atoms with Gasteiger partial charge in [0.2, 0.25) is 0 Å². The summed E-state index contributed by atoms with van der Waals surface area (Å²) in [5.41, 5.74) is 0. The van der Waals surface area contributed by atoms with Crippen LogP contribution >= 0.6 is 0 Å². The van der Waals surface area contributed by atoms with Gasteiger partial charge >= 0.3 is 5.97 Å². The molecular weight excluding hydrogens is 258 g/mol. The predicted molar refractivity (Wildman–Crippen MR) is 77.4 cm³/mol. The molecule has 1 unspecified atom stereocenters. The Balaban J connectivity index is 2.35. The van der Waals surface area contributed by atoms with Gasteiger partial charge in [0, 0.05) is 13.1 Å². The molecule has 0 saturated carbocycles. The van der Waals surface area contributed by atoms with E-state index in [9.17, 15) is 4.79 Å². The highest BCUT2D eigenvalue weighted by Gasteiger charge is 2.14. The third kappa shape index (κ3) is 5.48. The van der Waals surface area contributed by atoms with Crippen LogP contribution in [-0.2, 0) is 4.79 Å². The molecule has 1 rings (SSSR count). The maximum absolute atomic E-state index is 10.8. The number of likely N-dealkylation sites (N-methyl/N-ethyl adjacent to an activating group) is 1. The van der Waals surface area contributed by atoms with E-state index >= 15 is 0 Å². The number of rotatable bonds is 9. The van der Waals surface area contributed by atoms with E-state index < -0.39 is 5.97 Å². The summed E-state index contributed by atoms with van der Waals surface area (Å²) >= 11 is 0. The fourth-order valence-electron chi connectivity index (χ4n) is 1.81. The summed E-state index contributed by atoms with van der Waals surface area (Å²) < 4.78 is 10.7. The zero-order valence-corrected chi connectivity index (χ0v) is 12.3. The monoisotopic (exact) mass is 281 g/mol. The molecule has 1 aromatic rings. The Bertz CT molecular complexity index is 405. The van der Waals surface area contributed by atoms with Crippen molar-refractivity contribution in [1.29, 1.82) is 0 Å². The van der Waals surface area contributed by atoms with E-state index in [4.69, 9.17) is 14.6 Å². The van der Waals surface area contributed by atoms with Crippen molar-refractivity contribution in [3.05, 3.63) is 24.3 Å². The van der Waals surface area contributed by atoms with Gasteiger partial charge in [-0.25, -0.2) is 0 Å². The summed E-state index contributed by atoms with van der Waals surface area (Å²) in [5, 5.41) is 8.91. The first-order chi connectivity index (χ1) is 9.56. The number of hydrogen-bond acceptors (Lipinski definition) is 4. The lowest BCUT2D eigenvalue weighted by Gasteiger charge is -2.22. The Morgan fingerprint density at radius 2 is 1.90 bits per heavy atom. The highest BCUT2D eigenvalue weighted by molar-refractivity contribution is 5.69. The minimum atomic E-state index is -0.764. The summed E-state index contributed by atoms with van der Waals surface area (Å²) in [6.45, 7) is 6.32. The van der Waals surface area contributed by atoms with Crippen LogP contribution in [0.5, 0.6) is 11.5 Å². The maximum atomic E-state index is 10.8. The number of aliphatic carboxylic acids is 1. The molecule has 0 aliphatic heterocycles. The molecule has 112 valence electrons. The van der Waals surface area contributed by atoms with Crippen LogP contribution in [0.1, 0.15) is 13.8 Å². The Labute approximate surface area is 120 Å². The molecule has 1 N–H and O–H groups in total.